The molecule has 13 heteroatoms. The molecule has 1 aliphatic heterocycles. The van der Waals surface area contributed by atoms with Crippen LogP contribution in [-0.2, 0) is 14.8 Å². The Morgan fingerprint density at radius 3 is 2.08 bits per heavy atom. The minimum atomic E-state index is -4.17. The van der Waals surface area contributed by atoms with Crippen molar-refractivity contribution in [1.29, 1.82) is 0 Å². The summed E-state index contributed by atoms with van der Waals surface area (Å²) < 4.78 is 23.9. The summed E-state index contributed by atoms with van der Waals surface area (Å²) in [5, 5.41) is 13.6. The van der Waals surface area contributed by atoms with Gasteiger partial charge in [0.1, 0.15) is 17.6 Å². The molecule has 2 amide bonds. The molecule has 9 nitrogen and oxygen atoms in total. The van der Waals surface area contributed by atoms with Gasteiger partial charge in [-0.05, 0) is 48.5 Å². The van der Waals surface area contributed by atoms with Gasteiger partial charge in [-0.2, -0.15) is 10.2 Å². The number of azo groups is 1. The van der Waals surface area contributed by atoms with Crippen molar-refractivity contribution in [2.75, 3.05) is 11.9 Å². The fourth-order valence-electron chi connectivity index (χ4n) is 3.33. The molecule has 1 heterocycles. The first-order chi connectivity index (χ1) is 17.1. The molecule has 0 aliphatic carbocycles. The van der Waals surface area contributed by atoms with Gasteiger partial charge >= 0.3 is 0 Å². The monoisotopic (exact) mass is 565 g/mol. The van der Waals surface area contributed by atoms with Gasteiger partial charge in [0, 0.05) is 5.69 Å². The third-order valence-electron chi connectivity index (χ3n) is 5.05. The highest BCUT2D eigenvalue weighted by molar-refractivity contribution is 7.90. The second-order valence-electron chi connectivity index (χ2n) is 7.58. The van der Waals surface area contributed by atoms with Crippen molar-refractivity contribution in [3.63, 3.8) is 0 Å². The molecule has 36 heavy (non-hydrogen) atoms. The Balaban J connectivity index is 1.43. The lowest BCUT2D eigenvalue weighted by Crippen LogP contribution is -2.52. The van der Waals surface area contributed by atoms with E-state index in [0.717, 1.165) is 0 Å². The van der Waals surface area contributed by atoms with Gasteiger partial charge in [-0.1, -0.05) is 65.1 Å². The van der Waals surface area contributed by atoms with Crippen LogP contribution in [-0.4, -0.2) is 41.0 Å². The van der Waals surface area contributed by atoms with E-state index in [-0.39, 0.29) is 10.5 Å². The zero-order chi connectivity index (χ0) is 25.9. The van der Waals surface area contributed by atoms with Crippen molar-refractivity contribution in [3.8, 4) is 0 Å². The van der Waals surface area contributed by atoms with E-state index in [9.17, 15) is 18.0 Å². The van der Waals surface area contributed by atoms with Crippen LogP contribution < -0.4 is 10.6 Å². The summed E-state index contributed by atoms with van der Waals surface area (Å²) in [7, 11) is -4.17. The smallest absolute Gasteiger partial charge is 0.269 e. The number of benzene rings is 3. The molecule has 3 aromatic rings. The molecule has 2 N–H and O–H groups in total. The lowest BCUT2D eigenvalue weighted by Gasteiger charge is -2.28. The molecule has 0 saturated carbocycles. The van der Waals surface area contributed by atoms with Crippen molar-refractivity contribution >= 4 is 73.7 Å². The predicted molar refractivity (Wildman–Crippen MR) is 138 cm³/mol. The number of nitrogens with one attached hydrogen (secondary N) is 2. The van der Waals surface area contributed by atoms with Crippen molar-refractivity contribution < 1.29 is 18.0 Å². The number of hydrogen-bond acceptors (Lipinski definition) is 7. The van der Waals surface area contributed by atoms with Gasteiger partial charge < -0.3 is 10.6 Å². The minimum absolute atomic E-state index is 0.00847. The number of hydrogen-bond donors (Lipinski definition) is 2. The molecule has 0 fully saturated rings. The van der Waals surface area contributed by atoms with Gasteiger partial charge in [0.2, 0.25) is 9.70 Å². The maximum absolute atomic E-state index is 12.7. The van der Waals surface area contributed by atoms with Gasteiger partial charge in [0.05, 0.1) is 16.9 Å². The molecule has 3 aromatic carbocycles. The summed E-state index contributed by atoms with van der Waals surface area (Å²) >= 11 is 18.1. The average molecular weight is 567 g/mol. The first kappa shape index (κ1) is 25.9. The van der Waals surface area contributed by atoms with Crippen LogP contribution in [0.4, 0.5) is 17.1 Å². The zero-order valence-corrected chi connectivity index (χ0v) is 21.4. The van der Waals surface area contributed by atoms with Gasteiger partial charge in [-0.15, -0.1) is 0 Å². The minimum Gasteiger partial charge on any atom is -0.362 e. The van der Waals surface area contributed by atoms with Crippen LogP contribution in [0.5, 0.6) is 0 Å². The highest BCUT2D eigenvalue weighted by Gasteiger charge is 2.42. The fraction of sp³-hybridized carbons (Fsp3) is 0.130. The number of alkyl halides is 3. The molecule has 0 aromatic heterocycles. The largest absolute Gasteiger partial charge is 0.362 e. The van der Waals surface area contributed by atoms with E-state index in [0.29, 0.717) is 21.4 Å². The maximum Gasteiger partial charge on any atom is 0.269 e. The number of sulfonamides is 1. The van der Waals surface area contributed by atoms with Gasteiger partial charge in [0.15, 0.2) is 0 Å². The van der Waals surface area contributed by atoms with E-state index in [1.165, 1.54) is 24.3 Å². The molecule has 186 valence electrons. The molecule has 1 unspecified atom stereocenters. The summed E-state index contributed by atoms with van der Waals surface area (Å²) in [6.07, 6.45) is -1.26. The molecule has 1 aliphatic rings. The lowest BCUT2D eigenvalue weighted by molar-refractivity contribution is -0.121. The van der Waals surface area contributed by atoms with Crippen LogP contribution in [0.2, 0.25) is 0 Å². The van der Waals surface area contributed by atoms with E-state index in [2.05, 4.69) is 20.9 Å². The highest BCUT2D eigenvalue weighted by atomic mass is 35.6. The Bertz CT molecular complexity index is 1410. The third kappa shape index (κ3) is 5.79. The Hall–Kier alpha value is -3.18. The first-order valence-electron chi connectivity index (χ1n) is 10.4. The average Bonchev–Trinajstić information content (AvgIpc) is 3.04. The summed E-state index contributed by atoms with van der Waals surface area (Å²) in [4.78, 5) is 25.1. The molecule has 0 bridgehead atoms. The van der Waals surface area contributed by atoms with E-state index in [1.807, 2.05) is 30.3 Å². The number of amides is 2. The van der Waals surface area contributed by atoms with Crippen molar-refractivity contribution in [3.05, 3.63) is 84.4 Å². The maximum atomic E-state index is 12.7. The molecular formula is C23H18Cl3N5O4S. The number of fused-ring (bicyclic) bond motifs is 1. The number of carbonyl (C=O) groups is 2. The van der Waals surface area contributed by atoms with E-state index < -0.39 is 38.3 Å². The second kappa shape index (κ2) is 10.4. The zero-order valence-electron chi connectivity index (χ0n) is 18.3. The van der Waals surface area contributed by atoms with Crippen LogP contribution in [0.15, 0.2) is 94.0 Å². The molecule has 0 spiro atoms. The second-order valence-corrected chi connectivity index (χ2v) is 11.8. The van der Waals surface area contributed by atoms with Gasteiger partial charge in [0.25, 0.3) is 15.9 Å². The van der Waals surface area contributed by atoms with Crippen LogP contribution in [0, 0.1) is 0 Å². The summed E-state index contributed by atoms with van der Waals surface area (Å²) in [6, 6.07) is 21.5. The van der Waals surface area contributed by atoms with Gasteiger partial charge in [-0.25, -0.2) is 12.7 Å². The van der Waals surface area contributed by atoms with Gasteiger partial charge in [-0.3, -0.25) is 9.59 Å². The number of halogens is 3. The first-order valence-corrected chi connectivity index (χ1v) is 13.0. The quantitative estimate of drug-likeness (QED) is 0.232. The lowest BCUT2D eigenvalue weighted by atomic mass is 10.2. The number of nitrogens with zero attached hydrogens (tertiary/aromatic N) is 3. The fourth-order valence-corrected chi connectivity index (χ4v) is 5.18. The van der Waals surface area contributed by atoms with Crippen LogP contribution in [0.25, 0.3) is 0 Å². The Morgan fingerprint density at radius 2 is 1.47 bits per heavy atom. The Kier molecular flexibility index (Phi) is 7.51. The summed E-state index contributed by atoms with van der Waals surface area (Å²) in [5.74, 6) is -1.66. The Labute approximate surface area is 222 Å². The number of anilines is 1. The van der Waals surface area contributed by atoms with Crippen molar-refractivity contribution in [2.45, 2.75) is 14.9 Å². The summed E-state index contributed by atoms with van der Waals surface area (Å²) in [5.41, 5.74) is 1.73. The predicted octanol–water partition coefficient (Wildman–Crippen LogP) is 5.17. The van der Waals surface area contributed by atoms with E-state index in [1.54, 1.807) is 24.3 Å². The Morgan fingerprint density at radius 1 is 0.889 bits per heavy atom. The molecule has 1 atom stereocenters. The number of carbonyl (C=O) groups excluding carboxylic acids is 2. The van der Waals surface area contributed by atoms with Crippen molar-refractivity contribution in [2.24, 2.45) is 10.2 Å². The SMILES string of the molecule is O=C(CN1C(=O)c2ccccc2S1(=O)=O)NC(Nc1ccc(N=Nc2ccccc2)cc1)C(Cl)(Cl)Cl. The molecule has 0 saturated heterocycles. The van der Waals surface area contributed by atoms with Crippen LogP contribution in [0.1, 0.15) is 10.4 Å². The normalized spacial score (nSPS) is 15.5. The third-order valence-corrected chi connectivity index (χ3v) is 7.49. The van der Waals surface area contributed by atoms with Crippen LogP contribution >= 0.6 is 34.8 Å². The topological polar surface area (TPSA) is 120 Å². The highest BCUT2D eigenvalue weighted by Crippen LogP contribution is 2.32. The molecule has 0 radical (unpaired) electrons. The molecular weight excluding hydrogens is 549 g/mol. The van der Waals surface area contributed by atoms with Crippen LogP contribution in [0.3, 0.4) is 0 Å². The number of rotatable bonds is 7. The van der Waals surface area contributed by atoms with Crippen molar-refractivity contribution in [1.82, 2.24) is 9.62 Å². The van der Waals surface area contributed by atoms with E-state index in [4.69, 9.17) is 34.8 Å². The standard InChI is InChI=1S/C23H18Cl3N5O4S/c24-23(25,26)22(27-15-10-12-17(13-11-15)30-29-16-6-2-1-3-7-16)28-20(32)14-31-21(33)18-8-4-5-9-19(18)36(31,34)35/h1-13,22,27H,14H2,(H,28,32). The van der Waals surface area contributed by atoms with E-state index >= 15 is 0 Å². The molecule has 4 rings (SSSR count). The summed E-state index contributed by atoms with van der Waals surface area (Å²) in [6.45, 7) is -0.784.